The molecular formula is C16H15F2N3O2. The normalized spacial score (nSPS) is 21.0. The Kier molecular flexibility index (Phi) is 3.36. The molecule has 0 spiro atoms. The lowest BCUT2D eigenvalue weighted by molar-refractivity contribution is 0.0705. The zero-order valence-corrected chi connectivity index (χ0v) is 12.3. The highest BCUT2D eigenvalue weighted by Gasteiger charge is 2.37. The SMILES string of the molecule is O=C(c1ccc(F)cc1F)N1CCCC1c1nc(C2CC2)no1. The number of benzene rings is 1. The van der Waals surface area contributed by atoms with Crippen LogP contribution in [0.4, 0.5) is 8.78 Å². The van der Waals surface area contributed by atoms with Crippen molar-refractivity contribution in [2.24, 2.45) is 0 Å². The molecule has 1 amide bonds. The number of nitrogens with zero attached hydrogens (tertiary/aromatic N) is 3. The lowest BCUT2D eigenvalue weighted by Crippen LogP contribution is -2.31. The molecule has 0 N–H and O–H groups in total. The Balaban J connectivity index is 1.59. The van der Waals surface area contributed by atoms with Crippen molar-refractivity contribution in [1.82, 2.24) is 15.0 Å². The van der Waals surface area contributed by atoms with Gasteiger partial charge in [-0.3, -0.25) is 4.79 Å². The van der Waals surface area contributed by atoms with Crippen LogP contribution < -0.4 is 0 Å². The van der Waals surface area contributed by atoms with Gasteiger partial charge in [0.2, 0.25) is 5.89 Å². The quantitative estimate of drug-likeness (QED) is 0.871. The molecule has 1 aliphatic heterocycles. The van der Waals surface area contributed by atoms with Crippen LogP contribution in [0.15, 0.2) is 22.7 Å². The minimum Gasteiger partial charge on any atom is -0.337 e. The van der Waals surface area contributed by atoms with Crippen LogP contribution in [0.5, 0.6) is 0 Å². The topological polar surface area (TPSA) is 59.2 Å². The number of carbonyl (C=O) groups is 1. The monoisotopic (exact) mass is 319 g/mol. The molecule has 4 rings (SSSR count). The molecule has 1 atom stereocenters. The van der Waals surface area contributed by atoms with E-state index in [0.717, 1.165) is 31.4 Å². The molecule has 1 saturated heterocycles. The van der Waals surface area contributed by atoms with Crippen molar-refractivity contribution in [3.63, 3.8) is 0 Å². The molecule has 1 unspecified atom stereocenters. The van der Waals surface area contributed by atoms with E-state index in [1.54, 1.807) is 0 Å². The van der Waals surface area contributed by atoms with E-state index in [1.165, 1.54) is 11.0 Å². The van der Waals surface area contributed by atoms with Crippen LogP contribution in [0.25, 0.3) is 0 Å². The average molecular weight is 319 g/mol. The second kappa shape index (κ2) is 5.40. The first kappa shape index (κ1) is 14.3. The summed E-state index contributed by atoms with van der Waals surface area (Å²) in [5.41, 5.74) is -0.139. The molecule has 1 aromatic carbocycles. The molecule has 7 heteroatoms. The Labute approximate surface area is 131 Å². The number of carbonyl (C=O) groups excluding carboxylic acids is 1. The summed E-state index contributed by atoms with van der Waals surface area (Å²) in [6.07, 6.45) is 3.60. The van der Waals surface area contributed by atoms with E-state index in [4.69, 9.17) is 4.52 Å². The van der Waals surface area contributed by atoms with Crippen molar-refractivity contribution in [2.45, 2.75) is 37.6 Å². The van der Waals surface area contributed by atoms with Crippen LogP contribution in [0, 0.1) is 11.6 Å². The van der Waals surface area contributed by atoms with E-state index < -0.39 is 17.5 Å². The Hall–Kier alpha value is -2.31. The summed E-state index contributed by atoms with van der Waals surface area (Å²) in [4.78, 5) is 18.5. The molecule has 5 nitrogen and oxygen atoms in total. The van der Waals surface area contributed by atoms with Crippen molar-refractivity contribution in [3.8, 4) is 0 Å². The minimum absolute atomic E-state index is 0.139. The average Bonchev–Trinajstić information content (AvgIpc) is 3.07. The Morgan fingerprint density at radius 2 is 2.09 bits per heavy atom. The van der Waals surface area contributed by atoms with Crippen LogP contribution in [0.1, 0.15) is 59.7 Å². The summed E-state index contributed by atoms with van der Waals surface area (Å²) in [7, 11) is 0. The van der Waals surface area contributed by atoms with Crippen LogP contribution in [-0.2, 0) is 0 Å². The zero-order valence-electron chi connectivity index (χ0n) is 12.3. The molecule has 23 heavy (non-hydrogen) atoms. The van der Waals surface area contributed by atoms with E-state index in [2.05, 4.69) is 10.1 Å². The number of likely N-dealkylation sites (tertiary alicyclic amines) is 1. The molecule has 0 bridgehead atoms. The minimum atomic E-state index is -0.857. The van der Waals surface area contributed by atoms with Gasteiger partial charge >= 0.3 is 0 Å². The Bertz CT molecular complexity index is 758. The third-order valence-corrected chi connectivity index (χ3v) is 4.36. The van der Waals surface area contributed by atoms with Crippen molar-refractivity contribution >= 4 is 5.91 Å². The van der Waals surface area contributed by atoms with Crippen molar-refractivity contribution < 1.29 is 18.1 Å². The number of hydrogen-bond donors (Lipinski definition) is 0. The molecule has 2 heterocycles. The van der Waals surface area contributed by atoms with Crippen molar-refractivity contribution in [3.05, 3.63) is 47.1 Å². The summed E-state index contributed by atoms with van der Waals surface area (Å²) in [5.74, 6) is -0.579. The molecule has 1 aliphatic carbocycles. The number of hydrogen-bond acceptors (Lipinski definition) is 4. The maximum absolute atomic E-state index is 13.9. The number of amides is 1. The highest BCUT2D eigenvalue weighted by atomic mass is 19.1. The summed E-state index contributed by atoms with van der Waals surface area (Å²) in [6.45, 7) is 0.488. The lowest BCUT2D eigenvalue weighted by atomic mass is 10.1. The third kappa shape index (κ3) is 2.60. The molecule has 2 fully saturated rings. The van der Waals surface area contributed by atoms with Crippen LogP contribution >= 0.6 is 0 Å². The zero-order chi connectivity index (χ0) is 16.0. The summed E-state index contributed by atoms with van der Waals surface area (Å²) < 4.78 is 32.2. The van der Waals surface area contributed by atoms with Gasteiger partial charge in [-0.05, 0) is 37.8 Å². The highest BCUT2D eigenvalue weighted by Crippen LogP contribution is 2.40. The van der Waals surface area contributed by atoms with Crippen LogP contribution in [0.3, 0.4) is 0 Å². The van der Waals surface area contributed by atoms with Gasteiger partial charge in [-0.1, -0.05) is 5.16 Å². The number of rotatable bonds is 3. The van der Waals surface area contributed by atoms with E-state index in [0.29, 0.717) is 30.6 Å². The van der Waals surface area contributed by atoms with Crippen molar-refractivity contribution in [1.29, 1.82) is 0 Å². The van der Waals surface area contributed by atoms with Gasteiger partial charge in [0, 0.05) is 18.5 Å². The first-order chi connectivity index (χ1) is 11.1. The number of aromatic nitrogens is 2. The van der Waals surface area contributed by atoms with E-state index >= 15 is 0 Å². The van der Waals surface area contributed by atoms with E-state index in [-0.39, 0.29) is 11.6 Å². The highest BCUT2D eigenvalue weighted by molar-refractivity contribution is 5.94. The van der Waals surface area contributed by atoms with E-state index in [9.17, 15) is 13.6 Å². The van der Waals surface area contributed by atoms with Gasteiger partial charge in [0.15, 0.2) is 5.82 Å². The molecule has 120 valence electrons. The first-order valence-corrected chi connectivity index (χ1v) is 7.73. The van der Waals surface area contributed by atoms with Gasteiger partial charge in [0.25, 0.3) is 5.91 Å². The molecule has 0 radical (unpaired) electrons. The maximum atomic E-state index is 13.9. The fraction of sp³-hybridized carbons (Fsp3) is 0.438. The smallest absolute Gasteiger partial charge is 0.257 e. The van der Waals surface area contributed by atoms with Gasteiger partial charge < -0.3 is 9.42 Å². The fourth-order valence-corrected chi connectivity index (χ4v) is 2.97. The molecule has 2 aromatic rings. The standard InChI is InChI=1S/C16H15F2N3O2/c17-10-5-6-11(12(18)8-10)16(22)21-7-1-2-13(21)15-19-14(20-23-15)9-3-4-9/h5-6,8-9,13H,1-4,7H2. The summed E-state index contributed by atoms with van der Waals surface area (Å²) in [6, 6.07) is 2.63. The molecule has 1 saturated carbocycles. The first-order valence-electron chi connectivity index (χ1n) is 7.73. The predicted octanol–water partition coefficient (Wildman–Crippen LogP) is 3.20. The van der Waals surface area contributed by atoms with Crippen LogP contribution in [0.2, 0.25) is 0 Å². The van der Waals surface area contributed by atoms with Gasteiger partial charge in [0.1, 0.15) is 17.7 Å². The van der Waals surface area contributed by atoms with E-state index in [1.807, 2.05) is 0 Å². The van der Waals surface area contributed by atoms with Crippen molar-refractivity contribution in [2.75, 3.05) is 6.54 Å². The summed E-state index contributed by atoms with van der Waals surface area (Å²) in [5, 5.41) is 3.97. The molecule has 1 aromatic heterocycles. The van der Waals surface area contributed by atoms with Gasteiger partial charge in [-0.25, -0.2) is 8.78 Å². The fourth-order valence-electron chi connectivity index (χ4n) is 2.97. The van der Waals surface area contributed by atoms with Gasteiger partial charge in [0.05, 0.1) is 5.56 Å². The Morgan fingerprint density at radius 1 is 1.26 bits per heavy atom. The summed E-state index contributed by atoms with van der Waals surface area (Å²) >= 11 is 0. The lowest BCUT2D eigenvalue weighted by Gasteiger charge is -2.22. The third-order valence-electron chi connectivity index (χ3n) is 4.36. The Morgan fingerprint density at radius 3 is 2.83 bits per heavy atom. The van der Waals surface area contributed by atoms with Crippen LogP contribution in [-0.4, -0.2) is 27.5 Å². The van der Waals surface area contributed by atoms with Gasteiger partial charge in [-0.15, -0.1) is 0 Å². The predicted molar refractivity (Wildman–Crippen MR) is 75.6 cm³/mol. The molecule has 2 aliphatic rings. The second-order valence-electron chi connectivity index (χ2n) is 6.05. The second-order valence-corrected chi connectivity index (χ2v) is 6.05. The maximum Gasteiger partial charge on any atom is 0.257 e. The number of halogens is 2. The largest absolute Gasteiger partial charge is 0.337 e. The molecular weight excluding hydrogens is 304 g/mol. The van der Waals surface area contributed by atoms with Gasteiger partial charge in [-0.2, -0.15) is 4.98 Å².